The van der Waals surface area contributed by atoms with E-state index in [2.05, 4.69) is 22.4 Å². The number of rotatable bonds is 3. The number of nitrogens with one attached hydrogen (secondary N) is 1. The van der Waals surface area contributed by atoms with E-state index in [1.54, 1.807) is 0 Å². The first-order valence-corrected chi connectivity index (χ1v) is 6.88. The van der Waals surface area contributed by atoms with E-state index in [-0.39, 0.29) is 0 Å². The lowest BCUT2D eigenvalue weighted by atomic mass is 10.1. The standard InChI is InChI=1S/C15H19N3O/c1-10-7-8-11(9-10)14-17-15(19-18-14)12-5-3-4-6-13(12)16-2/h3-6,10-11,16H,7-9H2,1-2H3. The van der Waals surface area contributed by atoms with Gasteiger partial charge in [-0.05, 0) is 37.3 Å². The summed E-state index contributed by atoms with van der Waals surface area (Å²) < 4.78 is 5.44. The molecule has 1 fully saturated rings. The first-order valence-electron chi connectivity index (χ1n) is 6.88. The first-order chi connectivity index (χ1) is 9.28. The number of hydrogen-bond donors (Lipinski definition) is 1. The Morgan fingerprint density at radius 1 is 1.26 bits per heavy atom. The molecule has 2 aromatic rings. The third-order valence-corrected chi connectivity index (χ3v) is 3.93. The van der Waals surface area contributed by atoms with Gasteiger partial charge in [0.2, 0.25) is 0 Å². The number of nitrogens with zero attached hydrogens (tertiary/aromatic N) is 2. The second-order valence-corrected chi connectivity index (χ2v) is 5.37. The molecule has 1 aromatic carbocycles. The highest BCUT2D eigenvalue weighted by molar-refractivity contribution is 5.72. The zero-order valence-corrected chi connectivity index (χ0v) is 11.4. The molecule has 1 saturated carbocycles. The molecule has 19 heavy (non-hydrogen) atoms. The van der Waals surface area contributed by atoms with E-state index in [1.807, 2.05) is 31.3 Å². The van der Waals surface area contributed by atoms with E-state index in [1.165, 1.54) is 19.3 Å². The highest BCUT2D eigenvalue weighted by Gasteiger charge is 2.27. The maximum absolute atomic E-state index is 5.44. The van der Waals surface area contributed by atoms with Crippen LogP contribution in [0.2, 0.25) is 0 Å². The van der Waals surface area contributed by atoms with Gasteiger partial charge < -0.3 is 9.84 Å². The second-order valence-electron chi connectivity index (χ2n) is 5.37. The number of anilines is 1. The van der Waals surface area contributed by atoms with Crippen LogP contribution in [0.4, 0.5) is 5.69 Å². The minimum atomic E-state index is 0.467. The molecule has 3 rings (SSSR count). The molecule has 2 unspecified atom stereocenters. The summed E-state index contributed by atoms with van der Waals surface area (Å²) in [6, 6.07) is 7.99. The van der Waals surface area contributed by atoms with Gasteiger partial charge >= 0.3 is 0 Å². The molecule has 2 atom stereocenters. The molecule has 1 aromatic heterocycles. The van der Waals surface area contributed by atoms with E-state index in [0.717, 1.165) is 23.0 Å². The maximum Gasteiger partial charge on any atom is 0.260 e. The van der Waals surface area contributed by atoms with Crippen molar-refractivity contribution in [1.29, 1.82) is 0 Å². The zero-order chi connectivity index (χ0) is 13.2. The smallest absolute Gasteiger partial charge is 0.260 e. The van der Waals surface area contributed by atoms with E-state index in [4.69, 9.17) is 4.52 Å². The summed E-state index contributed by atoms with van der Waals surface area (Å²) in [7, 11) is 1.90. The Bertz CT molecular complexity index is 564. The van der Waals surface area contributed by atoms with Gasteiger partial charge in [-0.25, -0.2) is 0 Å². The minimum absolute atomic E-state index is 0.467. The van der Waals surface area contributed by atoms with Crippen molar-refractivity contribution in [2.45, 2.75) is 32.1 Å². The molecule has 100 valence electrons. The van der Waals surface area contributed by atoms with Gasteiger partial charge in [0, 0.05) is 18.7 Å². The number of aromatic nitrogens is 2. The fraction of sp³-hybridized carbons (Fsp3) is 0.467. The molecule has 4 heteroatoms. The molecule has 1 heterocycles. The summed E-state index contributed by atoms with van der Waals surface area (Å²) in [6.45, 7) is 2.29. The van der Waals surface area contributed by atoms with Crippen LogP contribution in [0.5, 0.6) is 0 Å². The lowest BCUT2D eigenvalue weighted by molar-refractivity contribution is 0.415. The Kier molecular flexibility index (Phi) is 3.23. The summed E-state index contributed by atoms with van der Waals surface area (Å²) in [5.74, 6) is 2.72. The molecule has 1 aliphatic rings. The highest BCUT2D eigenvalue weighted by Crippen LogP contribution is 2.37. The molecule has 0 aliphatic heterocycles. The molecule has 4 nitrogen and oxygen atoms in total. The van der Waals surface area contributed by atoms with Gasteiger partial charge in [0.05, 0.1) is 5.56 Å². The van der Waals surface area contributed by atoms with Crippen LogP contribution in [-0.4, -0.2) is 17.2 Å². The fourth-order valence-electron chi connectivity index (χ4n) is 2.84. The third kappa shape index (κ3) is 2.35. The first kappa shape index (κ1) is 12.2. The summed E-state index contributed by atoms with van der Waals surface area (Å²) in [5.41, 5.74) is 1.98. The normalized spacial score (nSPS) is 22.6. The monoisotopic (exact) mass is 257 g/mol. The third-order valence-electron chi connectivity index (χ3n) is 3.93. The molecule has 0 radical (unpaired) electrons. The van der Waals surface area contributed by atoms with Gasteiger partial charge in [-0.3, -0.25) is 0 Å². The molecule has 0 bridgehead atoms. The van der Waals surface area contributed by atoms with Gasteiger partial charge in [-0.2, -0.15) is 4.98 Å². The molecular weight excluding hydrogens is 238 g/mol. The molecule has 1 aliphatic carbocycles. The Hall–Kier alpha value is -1.84. The minimum Gasteiger partial charge on any atom is -0.387 e. The topological polar surface area (TPSA) is 51.0 Å². The van der Waals surface area contributed by atoms with Gasteiger partial charge in [0.15, 0.2) is 5.82 Å². The number of benzene rings is 1. The molecule has 0 amide bonds. The number of para-hydroxylation sites is 1. The van der Waals surface area contributed by atoms with Gasteiger partial charge in [-0.1, -0.05) is 24.2 Å². The maximum atomic E-state index is 5.44. The molecule has 1 N–H and O–H groups in total. The van der Waals surface area contributed by atoms with E-state index >= 15 is 0 Å². The van der Waals surface area contributed by atoms with Gasteiger partial charge in [-0.15, -0.1) is 0 Å². The van der Waals surface area contributed by atoms with Crippen molar-refractivity contribution >= 4 is 5.69 Å². The van der Waals surface area contributed by atoms with Crippen LogP contribution in [-0.2, 0) is 0 Å². The Labute approximate surface area is 113 Å². The Morgan fingerprint density at radius 3 is 2.84 bits per heavy atom. The van der Waals surface area contributed by atoms with Crippen LogP contribution in [0.25, 0.3) is 11.5 Å². The Balaban J connectivity index is 1.88. The van der Waals surface area contributed by atoms with Crippen LogP contribution >= 0.6 is 0 Å². The number of hydrogen-bond acceptors (Lipinski definition) is 4. The van der Waals surface area contributed by atoms with Crippen molar-refractivity contribution < 1.29 is 4.52 Å². The van der Waals surface area contributed by atoms with E-state index in [0.29, 0.717) is 11.8 Å². The van der Waals surface area contributed by atoms with E-state index < -0.39 is 0 Å². The van der Waals surface area contributed by atoms with Gasteiger partial charge in [0.25, 0.3) is 5.89 Å². The summed E-state index contributed by atoms with van der Waals surface area (Å²) in [5, 5.41) is 7.32. The molecule has 0 spiro atoms. The molecule has 0 saturated heterocycles. The highest BCUT2D eigenvalue weighted by atomic mass is 16.5. The van der Waals surface area contributed by atoms with Crippen molar-refractivity contribution in [3.05, 3.63) is 30.1 Å². The average molecular weight is 257 g/mol. The lowest BCUT2D eigenvalue weighted by Gasteiger charge is -2.04. The quantitative estimate of drug-likeness (QED) is 0.911. The van der Waals surface area contributed by atoms with Crippen LogP contribution in [0.3, 0.4) is 0 Å². The van der Waals surface area contributed by atoms with E-state index in [9.17, 15) is 0 Å². The SMILES string of the molecule is CNc1ccccc1-c1nc(C2CCC(C)C2)no1. The van der Waals surface area contributed by atoms with Crippen LogP contribution in [0.15, 0.2) is 28.8 Å². The zero-order valence-electron chi connectivity index (χ0n) is 11.4. The lowest BCUT2D eigenvalue weighted by Crippen LogP contribution is -1.96. The van der Waals surface area contributed by atoms with Crippen molar-refractivity contribution in [3.8, 4) is 11.5 Å². The van der Waals surface area contributed by atoms with Crippen LogP contribution in [0.1, 0.15) is 37.9 Å². The summed E-state index contributed by atoms with van der Waals surface area (Å²) in [6.07, 6.45) is 3.61. The van der Waals surface area contributed by atoms with Crippen molar-refractivity contribution in [2.75, 3.05) is 12.4 Å². The van der Waals surface area contributed by atoms with Crippen molar-refractivity contribution in [3.63, 3.8) is 0 Å². The van der Waals surface area contributed by atoms with Crippen molar-refractivity contribution in [1.82, 2.24) is 10.1 Å². The predicted octanol–water partition coefficient (Wildman–Crippen LogP) is 3.68. The summed E-state index contributed by atoms with van der Waals surface area (Å²) in [4.78, 5) is 4.59. The van der Waals surface area contributed by atoms with Gasteiger partial charge in [0.1, 0.15) is 0 Å². The Morgan fingerprint density at radius 2 is 2.11 bits per heavy atom. The summed E-state index contributed by atoms with van der Waals surface area (Å²) >= 11 is 0. The largest absolute Gasteiger partial charge is 0.387 e. The predicted molar refractivity (Wildman–Crippen MR) is 75.0 cm³/mol. The van der Waals surface area contributed by atoms with Crippen LogP contribution in [0, 0.1) is 5.92 Å². The van der Waals surface area contributed by atoms with Crippen molar-refractivity contribution in [2.24, 2.45) is 5.92 Å². The fourth-order valence-corrected chi connectivity index (χ4v) is 2.84. The van der Waals surface area contributed by atoms with Crippen LogP contribution < -0.4 is 5.32 Å². The average Bonchev–Trinajstić information content (AvgIpc) is 3.07. The molecular formula is C15H19N3O. The second kappa shape index (κ2) is 5.03.